The molecular formula is C20H25N3O3S. The van der Waals surface area contributed by atoms with Crippen LogP contribution in [0.15, 0.2) is 24.3 Å². The van der Waals surface area contributed by atoms with E-state index in [4.69, 9.17) is 14.2 Å². The van der Waals surface area contributed by atoms with Gasteiger partial charge >= 0.3 is 0 Å². The third kappa shape index (κ3) is 4.21. The minimum Gasteiger partial charge on any atom is -0.494 e. The third-order valence-corrected chi connectivity index (χ3v) is 5.25. The van der Waals surface area contributed by atoms with Crippen molar-refractivity contribution in [1.82, 2.24) is 9.97 Å². The number of ether oxygens (including phenoxy) is 3. The molecule has 0 atom stereocenters. The van der Waals surface area contributed by atoms with Crippen molar-refractivity contribution >= 4 is 27.4 Å². The summed E-state index contributed by atoms with van der Waals surface area (Å²) in [5.74, 6) is 2.40. The highest BCUT2D eigenvalue weighted by Crippen LogP contribution is 2.41. The number of aryl methyl sites for hydroxylation is 2. The van der Waals surface area contributed by atoms with Crippen molar-refractivity contribution < 1.29 is 14.2 Å². The molecule has 2 aromatic heterocycles. The summed E-state index contributed by atoms with van der Waals surface area (Å²) in [6.07, 6.45) is -0.344. The van der Waals surface area contributed by atoms with Crippen molar-refractivity contribution in [3.05, 3.63) is 35.0 Å². The van der Waals surface area contributed by atoms with Gasteiger partial charge in [-0.2, -0.15) is 0 Å². The molecule has 7 heteroatoms. The molecule has 0 aliphatic heterocycles. The second-order valence-corrected chi connectivity index (χ2v) is 7.28. The molecule has 6 nitrogen and oxygen atoms in total. The summed E-state index contributed by atoms with van der Waals surface area (Å²) < 4.78 is 16.1. The number of thiophene rings is 1. The highest BCUT2D eigenvalue weighted by atomic mass is 32.1. The maximum Gasteiger partial charge on any atom is 0.173 e. The van der Waals surface area contributed by atoms with E-state index in [0.29, 0.717) is 13.2 Å². The van der Waals surface area contributed by atoms with Crippen LogP contribution in [0.1, 0.15) is 17.6 Å². The molecular weight excluding hydrogens is 362 g/mol. The summed E-state index contributed by atoms with van der Waals surface area (Å²) in [6.45, 7) is 7.15. The van der Waals surface area contributed by atoms with Crippen molar-refractivity contribution in [2.24, 2.45) is 0 Å². The van der Waals surface area contributed by atoms with Gasteiger partial charge in [0, 0.05) is 24.7 Å². The van der Waals surface area contributed by atoms with Crippen LogP contribution >= 0.6 is 11.3 Å². The fraction of sp³-hybridized carbons (Fsp3) is 0.400. The molecule has 1 N–H and O–H groups in total. The van der Waals surface area contributed by atoms with Gasteiger partial charge in [0.05, 0.1) is 18.5 Å². The zero-order valence-corrected chi connectivity index (χ0v) is 17.1. The highest BCUT2D eigenvalue weighted by Gasteiger charge is 2.18. The quantitative estimate of drug-likeness (QED) is 0.578. The minimum absolute atomic E-state index is 0.344. The van der Waals surface area contributed by atoms with Crippen LogP contribution in [0, 0.1) is 13.8 Å². The number of aromatic nitrogens is 2. The monoisotopic (exact) mass is 387 g/mol. The molecule has 0 fully saturated rings. The molecule has 144 valence electrons. The van der Waals surface area contributed by atoms with Crippen LogP contribution in [0.3, 0.4) is 0 Å². The van der Waals surface area contributed by atoms with Gasteiger partial charge in [-0.1, -0.05) is 12.1 Å². The Hall–Kier alpha value is -2.22. The molecule has 2 heterocycles. The Morgan fingerprint density at radius 1 is 1.07 bits per heavy atom. The molecule has 0 unspecified atom stereocenters. The Kier molecular flexibility index (Phi) is 6.26. The molecule has 0 aliphatic carbocycles. The predicted octanol–water partition coefficient (Wildman–Crippen LogP) is 4.40. The lowest BCUT2D eigenvalue weighted by Crippen LogP contribution is -2.24. The number of benzene rings is 1. The standard InChI is InChI=1S/C20H25N3O3S/c1-6-26-15-9-7-14(8-10-15)17-12(2)27-20-18(17)19(22-13(3)23-20)21-11-16(24-4)25-5/h7-10,16H,6,11H2,1-5H3,(H,21,22,23). The molecule has 1 aromatic carbocycles. The van der Waals surface area contributed by atoms with Crippen molar-refractivity contribution in [1.29, 1.82) is 0 Å². The number of rotatable bonds is 8. The zero-order chi connectivity index (χ0) is 19.4. The SMILES string of the molecule is CCOc1ccc(-c2c(C)sc3nc(C)nc(NCC(OC)OC)c23)cc1. The number of fused-ring (bicyclic) bond motifs is 1. The van der Waals surface area contributed by atoms with Gasteiger partial charge in [-0.05, 0) is 38.5 Å². The van der Waals surface area contributed by atoms with E-state index in [0.717, 1.165) is 38.7 Å². The number of methoxy groups -OCH3 is 2. The Morgan fingerprint density at radius 2 is 1.78 bits per heavy atom. The van der Waals surface area contributed by atoms with Crippen LogP contribution in [0.25, 0.3) is 21.3 Å². The van der Waals surface area contributed by atoms with Gasteiger partial charge < -0.3 is 19.5 Å². The Morgan fingerprint density at radius 3 is 2.41 bits per heavy atom. The van der Waals surface area contributed by atoms with Gasteiger partial charge in [-0.3, -0.25) is 0 Å². The van der Waals surface area contributed by atoms with E-state index in [-0.39, 0.29) is 6.29 Å². The summed E-state index contributed by atoms with van der Waals surface area (Å²) in [5, 5.41) is 4.39. The lowest BCUT2D eigenvalue weighted by molar-refractivity contribution is -0.0914. The fourth-order valence-electron chi connectivity index (χ4n) is 3.02. The third-order valence-electron chi connectivity index (χ3n) is 4.26. The highest BCUT2D eigenvalue weighted by molar-refractivity contribution is 7.19. The van der Waals surface area contributed by atoms with Gasteiger partial charge in [0.15, 0.2) is 6.29 Å². The number of nitrogens with zero attached hydrogens (tertiary/aromatic N) is 2. The number of anilines is 1. The van der Waals surface area contributed by atoms with Gasteiger partial charge in [0.2, 0.25) is 0 Å². The maximum absolute atomic E-state index is 5.56. The average Bonchev–Trinajstić information content (AvgIpc) is 2.99. The lowest BCUT2D eigenvalue weighted by atomic mass is 10.0. The largest absolute Gasteiger partial charge is 0.494 e. The second kappa shape index (κ2) is 8.65. The van der Waals surface area contributed by atoms with Gasteiger partial charge in [-0.15, -0.1) is 11.3 Å². The van der Waals surface area contributed by atoms with E-state index < -0.39 is 0 Å². The average molecular weight is 388 g/mol. The molecule has 3 aromatic rings. The van der Waals surface area contributed by atoms with Crippen LogP contribution in [0.4, 0.5) is 5.82 Å². The van der Waals surface area contributed by atoms with Gasteiger partial charge in [-0.25, -0.2) is 9.97 Å². The first-order chi connectivity index (χ1) is 13.1. The van der Waals surface area contributed by atoms with E-state index in [9.17, 15) is 0 Å². The first-order valence-corrected chi connectivity index (χ1v) is 9.69. The molecule has 3 rings (SSSR count). The molecule has 0 aliphatic rings. The predicted molar refractivity (Wildman–Crippen MR) is 110 cm³/mol. The van der Waals surface area contributed by atoms with E-state index >= 15 is 0 Å². The van der Waals surface area contributed by atoms with Crippen LogP contribution in [0.2, 0.25) is 0 Å². The number of nitrogens with one attached hydrogen (secondary N) is 1. The first kappa shape index (κ1) is 19.5. The molecule has 0 bridgehead atoms. The van der Waals surface area contributed by atoms with Crippen molar-refractivity contribution in [2.75, 3.05) is 32.7 Å². The maximum atomic E-state index is 5.56. The fourth-order valence-corrected chi connectivity index (χ4v) is 4.11. The van der Waals surface area contributed by atoms with Gasteiger partial charge in [0.25, 0.3) is 0 Å². The summed E-state index contributed by atoms with van der Waals surface area (Å²) >= 11 is 1.68. The molecule has 0 radical (unpaired) electrons. The zero-order valence-electron chi connectivity index (χ0n) is 16.3. The van der Waals surface area contributed by atoms with Crippen molar-refractivity contribution in [3.8, 4) is 16.9 Å². The van der Waals surface area contributed by atoms with Crippen molar-refractivity contribution in [3.63, 3.8) is 0 Å². The molecule has 0 spiro atoms. The number of hydrogen-bond acceptors (Lipinski definition) is 7. The van der Waals surface area contributed by atoms with Crippen LogP contribution in [-0.4, -0.2) is 43.6 Å². The molecule has 0 saturated carbocycles. The summed E-state index contributed by atoms with van der Waals surface area (Å²) in [6, 6.07) is 8.15. The van der Waals surface area contributed by atoms with E-state index in [1.54, 1.807) is 25.6 Å². The molecule has 27 heavy (non-hydrogen) atoms. The molecule has 0 saturated heterocycles. The first-order valence-electron chi connectivity index (χ1n) is 8.87. The Balaban J connectivity index is 2.05. The second-order valence-electron chi connectivity index (χ2n) is 6.07. The van der Waals surface area contributed by atoms with Gasteiger partial charge in [0.1, 0.15) is 22.2 Å². The summed E-state index contributed by atoms with van der Waals surface area (Å²) in [7, 11) is 3.24. The Labute approximate surface area is 163 Å². The van der Waals surface area contributed by atoms with E-state index in [2.05, 4.69) is 34.3 Å². The lowest BCUT2D eigenvalue weighted by Gasteiger charge is -2.16. The van der Waals surface area contributed by atoms with Crippen molar-refractivity contribution in [2.45, 2.75) is 27.1 Å². The van der Waals surface area contributed by atoms with E-state index in [1.807, 2.05) is 26.0 Å². The number of hydrogen-bond donors (Lipinski definition) is 1. The van der Waals surface area contributed by atoms with Crippen LogP contribution < -0.4 is 10.1 Å². The smallest absolute Gasteiger partial charge is 0.173 e. The van der Waals surface area contributed by atoms with Crippen LogP contribution in [0.5, 0.6) is 5.75 Å². The van der Waals surface area contributed by atoms with Crippen LogP contribution in [-0.2, 0) is 9.47 Å². The topological polar surface area (TPSA) is 65.5 Å². The normalized spacial score (nSPS) is 11.3. The minimum atomic E-state index is -0.344. The van der Waals surface area contributed by atoms with E-state index in [1.165, 1.54) is 4.88 Å². The summed E-state index contributed by atoms with van der Waals surface area (Å²) in [5.41, 5.74) is 2.26. The molecule has 0 amide bonds. The summed E-state index contributed by atoms with van der Waals surface area (Å²) in [4.78, 5) is 11.4. The Bertz CT molecular complexity index is 905.